The zero-order valence-electron chi connectivity index (χ0n) is 28.4. The Kier molecular flexibility index (Phi) is 18.0. The Labute approximate surface area is 298 Å². The number of pyridine rings is 1. The van der Waals surface area contributed by atoms with Crippen molar-refractivity contribution in [3.63, 3.8) is 0 Å². The number of benzene rings is 2. The van der Waals surface area contributed by atoms with Crippen molar-refractivity contribution >= 4 is 57.8 Å². The van der Waals surface area contributed by atoms with Gasteiger partial charge < -0.3 is 41.8 Å². The Morgan fingerprint density at radius 2 is 1.48 bits per heavy atom. The molecular formula is C32H39F6N5O8S. The molecule has 52 heavy (non-hydrogen) atoms. The summed E-state index contributed by atoms with van der Waals surface area (Å²) in [6.45, 7) is 7.10. The van der Waals surface area contributed by atoms with Gasteiger partial charge in [-0.15, -0.1) is 0 Å². The molecule has 0 saturated carbocycles. The average Bonchev–Trinajstić information content (AvgIpc) is 3.06. The molecule has 288 valence electrons. The van der Waals surface area contributed by atoms with Gasteiger partial charge >= 0.3 is 24.3 Å². The van der Waals surface area contributed by atoms with Crippen molar-refractivity contribution in [1.29, 1.82) is 0 Å². The largest absolute Gasteiger partial charge is 0.490 e. The molecule has 0 radical (unpaired) electrons. The van der Waals surface area contributed by atoms with Gasteiger partial charge in [0, 0.05) is 29.9 Å². The molecule has 0 fully saturated rings. The highest BCUT2D eigenvalue weighted by atomic mass is 32.2. The predicted molar refractivity (Wildman–Crippen MR) is 182 cm³/mol. The molecule has 3 aromatic rings. The molecule has 20 heteroatoms. The van der Waals surface area contributed by atoms with Gasteiger partial charge in [-0.1, -0.05) is 19.1 Å². The van der Waals surface area contributed by atoms with Crippen LogP contribution in [0.4, 0.5) is 37.7 Å². The van der Waals surface area contributed by atoms with Crippen molar-refractivity contribution in [1.82, 2.24) is 10.3 Å². The van der Waals surface area contributed by atoms with E-state index in [9.17, 15) is 35.9 Å². The number of nitrogens with zero attached hydrogens (tertiary/aromatic N) is 1. The number of carbonyl (C=O) groups is 4. The van der Waals surface area contributed by atoms with Gasteiger partial charge in [-0.05, 0) is 62.0 Å². The van der Waals surface area contributed by atoms with Crippen LogP contribution < -0.4 is 31.6 Å². The number of fused-ring (bicyclic) bond motifs is 1. The molecule has 0 bridgehead atoms. The molecule has 8 N–H and O–H groups in total. The number of carboxylic acids is 2. The molecule has 2 amide bonds. The number of aliphatic carboxylic acids is 2. The minimum atomic E-state index is -5.08. The summed E-state index contributed by atoms with van der Waals surface area (Å²) < 4.78 is 75.0. The number of primary amides is 1. The fraction of sp³-hybridized carbons (Fsp3) is 0.406. The monoisotopic (exact) mass is 767 g/mol. The van der Waals surface area contributed by atoms with Gasteiger partial charge in [-0.3, -0.25) is 14.6 Å². The van der Waals surface area contributed by atoms with Crippen LogP contribution in [0.5, 0.6) is 11.5 Å². The third kappa shape index (κ3) is 14.0. The number of thioether (sulfide) groups is 1. The van der Waals surface area contributed by atoms with Gasteiger partial charge in [-0.25, -0.2) is 9.59 Å². The van der Waals surface area contributed by atoms with E-state index < -0.39 is 36.2 Å². The summed E-state index contributed by atoms with van der Waals surface area (Å²) >= 11 is 1.66. The van der Waals surface area contributed by atoms with Crippen molar-refractivity contribution in [3.05, 3.63) is 53.2 Å². The molecular weight excluding hydrogens is 728 g/mol. The number of anilines is 2. The Morgan fingerprint density at radius 1 is 0.942 bits per heavy atom. The second kappa shape index (κ2) is 20.8. The number of halogens is 6. The highest BCUT2D eigenvalue weighted by Crippen LogP contribution is 2.38. The van der Waals surface area contributed by atoms with Gasteiger partial charge in [0.05, 0.1) is 36.0 Å². The van der Waals surface area contributed by atoms with E-state index in [1.54, 1.807) is 17.8 Å². The maximum atomic E-state index is 12.5. The van der Waals surface area contributed by atoms with Crippen molar-refractivity contribution < 1.29 is 65.2 Å². The maximum Gasteiger partial charge on any atom is 0.490 e. The molecule has 0 saturated heterocycles. The molecule has 2 aromatic carbocycles. The van der Waals surface area contributed by atoms with Gasteiger partial charge in [0.2, 0.25) is 5.91 Å². The molecule has 13 nitrogen and oxygen atoms in total. The van der Waals surface area contributed by atoms with E-state index in [1.807, 2.05) is 51.3 Å². The van der Waals surface area contributed by atoms with Crippen molar-refractivity contribution in [2.45, 2.75) is 58.6 Å². The molecule has 0 unspecified atom stereocenters. The van der Waals surface area contributed by atoms with Crippen LogP contribution in [-0.2, 0) is 27.3 Å². The zero-order chi connectivity index (χ0) is 39.8. The first kappa shape index (κ1) is 45.0. The Morgan fingerprint density at radius 3 is 1.94 bits per heavy atom. The van der Waals surface area contributed by atoms with Crippen LogP contribution in [0, 0.1) is 0 Å². The second-order valence-electron chi connectivity index (χ2n) is 10.2. The topological polar surface area (TPSA) is 216 Å². The van der Waals surface area contributed by atoms with Gasteiger partial charge in [-0.2, -0.15) is 38.1 Å². The van der Waals surface area contributed by atoms with Crippen LogP contribution in [-0.4, -0.2) is 82.6 Å². The number of ether oxygens (including phenoxy) is 2. The smallest absolute Gasteiger partial charge is 0.490 e. The van der Waals surface area contributed by atoms with E-state index in [0.717, 1.165) is 22.6 Å². The Balaban J connectivity index is 0.000000812. The van der Waals surface area contributed by atoms with Gasteiger partial charge in [0.1, 0.15) is 0 Å². The molecule has 0 aliphatic carbocycles. The summed E-state index contributed by atoms with van der Waals surface area (Å²) in [5, 5.41) is 21.3. The number of carbonyl (C=O) groups excluding carboxylic acids is 2. The first-order chi connectivity index (χ1) is 24.2. The van der Waals surface area contributed by atoms with Crippen LogP contribution in [0.2, 0.25) is 0 Å². The number of hydrogen-bond acceptors (Lipinski definition) is 10. The van der Waals surface area contributed by atoms with Crippen LogP contribution in [0.15, 0.2) is 36.5 Å². The SMILES string of the molecule is CCOc1cc2ncc(C(N)=O)c(Nc3cccc(CNC(=O)[C@@H](N)CCSC)c3CC)c2cc1OCC.O=C(O)C(F)(F)F.O=C(O)C(F)(F)F. The lowest BCUT2D eigenvalue weighted by Gasteiger charge is -2.20. The van der Waals surface area contributed by atoms with Gasteiger partial charge in [0.15, 0.2) is 11.5 Å². The normalized spacial score (nSPS) is 11.6. The fourth-order valence-electron chi connectivity index (χ4n) is 4.22. The number of nitrogens with one attached hydrogen (secondary N) is 2. The molecule has 1 aromatic heterocycles. The van der Waals surface area contributed by atoms with Crippen LogP contribution in [0.3, 0.4) is 0 Å². The quantitative estimate of drug-likeness (QED) is 0.114. The fourth-order valence-corrected chi connectivity index (χ4v) is 4.71. The molecule has 0 aliphatic heterocycles. The molecule has 0 aliphatic rings. The van der Waals surface area contributed by atoms with Crippen molar-refractivity contribution in [3.8, 4) is 11.5 Å². The minimum absolute atomic E-state index is 0.177. The molecule has 0 spiro atoms. The van der Waals surface area contributed by atoms with E-state index in [1.165, 1.54) is 6.20 Å². The average molecular weight is 768 g/mol. The van der Waals surface area contributed by atoms with Gasteiger partial charge in [0.25, 0.3) is 5.91 Å². The summed E-state index contributed by atoms with van der Waals surface area (Å²) in [7, 11) is 0. The number of alkyl halides is 6. The lowest BCUT2D eigenvalue weighted by atomic mass is 10.0. The number of nitrogens with two attached hydrogens (primary N) is 2. The van der Waals surface area contributed by atoms with E-state index in [4.69, 9.17) is 40.7 Å². The predicted octanol–water partition coefficient (Wildman–Crippen LogP) is 5.40. The van der Waals surface area contributed by atoms with E-state index >= 15 is 0 Å². The van der Waals surface area contributed by atoms with E-state index in [-0.39, 0.29) is 11.5 Å². The highest BCUT2D eigenvalue weighted by Gasteiger charge is 2.39. The summed E-state index contributed by atoms with van der Waals surface area (Å²) in [4.78, 5) is 47.1. The lowest BCUT2D eigenvalue weighted by molar-refractivity contribution is -0.193. The summed E-state index contributed by atoms with van der Waals surface area (Å²) in [5.74, 6) is -4.33. The Hall–Kier alpha value is -4.98. The van der Waals surface area contributed by atoms with E-state index in [0.29, 0.717) is 60.7 Å². The van der Waals surface area contributed by atoms with Crippen molar-refractivity contribution in [2.75, 3.05) is 30.5 Å². The number of aromatic nitrogens is 1. The van der Waals surface area contributed by atoms with E-state index in [2.05, 4.69) is 15.6 Å². The Bertz CT molecular complexity index is 1670. The standard InChI is InChI=1S/C28H37N5O4S.2C2HF3O2/c1-5-18-17(15-32-28(35)21(29)11-12-38-4)9-8-10-22(18)33-26-19-13-24(36-6-2)25(37-7-3)14-23(19)31-16-20(26)27(30)34;2*3-2(4,5)1(6)7/h8-10,13-14,16,21H,5-7,11-12,15,29H2,1-4H3,(H2,30,34)(H,31,33)(H,32,35);2*(H,6,7)/t21-;;/m0../s1. The highest BCUT2D eigenvalue weighted by molar-refractivity contribution is 7.98. The van der Waals surface area contributed by atoms with Crippen LogP contribution >= 0.6 is 11.8 Å². The molecule has 1 heterocycles. The summed E-state index contributed by atoms with van der Waals surface area (Å²) in [6.07, 6.45) is -5.40. The summed E-state index contributed by atoms with van der Waals surface area (Å²) in [5.41, 5.74) is 15.9. The number of hydrogen-bond donors (Lipinski definition) is 6. The first-order valence-corrected chi connectivity index (χ1v) is 16.6. The third-order valence-corrected chi connectivity index (χ3v) is 7.24. The lowest BCUT2D eigenvalue weighted by Crippen LogP contribution is -2.40. The third-order valence-electron chi connectivity index (χ3n) is 6.59. The maximum absolute atomic E-state index is 12.5. The van der Waals surface area contributed by atoms with Crippen molar-refractivity contribution in [2.24, 2.45) is 11.5 Å². The van der Waals surface area contributed by atoms with Crippen LogP contribution in [0.1, 0.15) is 48.7 Å². The molecule has 1 atom stereocenters. The number of carboxylic acid groups (broad SMARTS) is 2. The minimum Gasteiger partial charge on any atom is -0.490 e. The number of rotatable bonds is 14. The summed E-state index contributed by atoms with van der Waals surface area (Å²) in [6, 6.07) is 8.88. The molecule has 3 rings (SSSR count). The first-order valence-electron chi connectivity index (χ1n) is 15.3. The number of amides is 2. The van der Waals surface area contributed by atoms with Crippen LogP contribution in [0.25, 0.3) is 10.9 Å². The zero-order valence-corrected chi connectivity index (χ0v) is 29.2. The second-order valence-corrected chi connectivity index (χ2v) is 11.2.